The lowest BCUT2D eigenvalue weighted by atomic mass is 10.2. The topological polar surface area (TPSA) is 76.7 Å². The highest BCUT2D eigenvalue weighted by Gasteiger charge is 2.19. The van der Waals surface area contributed by atoms with Gasteiger partial charge in [0.05, 0.1) is 5.02 Å². The smallest absolute Gasteiger partial charge is 0.269 e. The van der Waals surface area contributed by atoms with E-state index in [1.807, 2.05) is 0 Å². The number of benzene rings is 2. The van der Waals surface area contributed by atoms with Gasteiger partial charge in [-0.15, -0.1) is 0 Å². The van der Waals surface area contributed by atoms with Gasteiger partial charge in [0.15, 0.2) is 11.5 Å². The van der Waals surface area contributed by atoms with Crippen LogP contribution in [0.25, 0.3) is 0 Å². The third-order valence-electron chi connectivity index (χ3n) is 3.25. The van der Waals surface area contributed by atoms with E-state index >= 15 is 0 Å². The minimum absolute atomic E-state index is 0.198. The molecule has 1 aliphatic rings. The van der Waals surface area contributed by atoms with Gasteiger partial charge >= 0.3 is 0 Å². The molecule has 1 aliphatic heterocycles. The van der Waals surface area contributed by atoms with Gasteiger partial charge in [0.1, 0.15) is 19.0 Å². The average molecular weight is 351 g/mol. The number of carbonyl (C=O) groups is 2. The van der Waals surface area contributed by atoms with Gasteiger partial charge in [0.2, 0.25) is 0 Å². The SMILES string of the molecule is O=C(NNC(=O)c1cc(Cl)c2c(c1)OCCO2)c1ccc(F)cc1. The Morgan fingerprint density at radius 1 is 0.958 bits per heavy atom. The van der Waals surface area contributed by atoms with Gasteiger partial charge in [0.25, 0.3) is 11.8 Å². The summed E-state index contributed by atoms with van der Waals surface area (Å²) in [6.07, 6.45) is 0. The number of hydrazine groups is 1. The van der Waals surface area contributed by atoms with E-state index in [0.717, 1.165) is 12.1 Å². The Morgan fingerprint density at radius 3 is 2.29 bits per heavy atom. The van der Waals surface area contributed by atoms with Crippen molar-refractivity contribution in [3.8, 4) is 11.5 Å². The highest BCUT2D eigenvalue weighted by Crippen LogP contribution is 2.38. The molecule has 124 valence electrons. The van der Waals surface area contributed by atoms with Crippen LogP contribution in [0.2, 0.25) is 5.02 Å². The van der Waals surface area contributed by atoms with Gasteiger partial charge in [-0.3, -0.25) is 20.4 Å². The van der Waals surface area contributed by atoms with Crippen molar-refractivity contribution in [3.63, 3.8) is 0 Å². The number of ether oxygens (including phenoxy) is 2. The van der Waals surface area contributed by atoms with Gasteiger partial charge in [-0.1, -0.05) is 11.6 Å². The summed E-state index contributed by atoms with van der Waals surface area (Å²) < 4.78 is 23.6. The van der Waals surface area contributed by atoms with Crippen molar-refractivity contribution >= 4 is 23.4 Å². The first-order valence-corrected chi connectivity index (χ1v) is 7.38. The molecule has 0 aliphatic carbocycles. The zero-order valence-electron chi connectivity index (χ0n) is 12.3. The van der Waals surface area contributed by atoms with E-state index in [0.29, 0.717) is 24.7 Å². The van der Waals surface area contributed by atoms with Crippen molar-refractivity contribution in [2.45, 2.75) is 0 Å². The Hall–Kier alpha value is -2.80. The van der Waals surface area contributed by atoms with Crippen molar-refractivity contribution < 1.29 is 23.5 Å². The average Bonchev–Trinajstić information content (AvgIpc) is 2.60. The monoisotopic (exact) mass is 350 g/mol. The molecule has 6 nitrogen and oxygen atoms in total. The maximum Gasteiger partial charge on any atom is 0.269 e. The van der Waals surface area contributed by atoms with Gasteiger partial charge < -0.3 is 9.47 Å². The third kappa shape index (κ3) is 3.41. The maximum absolute atomic E-state index is 12.8. The first-order valence-electron chi connectivity index (χ1n) is 7.00. The van der Waals surface area contributed by atoms with E-state index in [9.17, 15) is 14.0 Å². The highest BCUT2D eigenvalue weighted by atomic mass is 35.5. The van der Waals surface area contributed by atoms with Gasteiger partial charge in [0, 0.05) is 11.1 Å². The Kier molecular flexibility index (Phi) is 4.52. The minimum atomic E-state index is -0.579. The van der Waals surface area contributed by atoms with Crippen molar-refractivity contribution in [1.29, 1.82) is 0 Å². The largest absolute Gasteiger partial charge is 0.486 e. The number of amides is 2. The summed E-state index contributed by atoms with van der Waals surface area (Å²) in [4.78, 5) is 24.0. The molecule has 2 aromatic rings. The maximum atomic E-state index is 12.8. The van der Waals surface area contributed by atoms with Crippen LogP contribution in [0, 0.1) is 5.82 Å². The van der Waals surface area contributed by atoms with Crippen molar-refractivity contribution in [1.82, 2.24) is 10.9 Å². The summed E-state index contributed by atoms with van der Waals surface area (Å²) in [5.41, 5.74) is 4.90. The molecule has 0 bridgehead atoms. The number of hydrogen-bond donors (Lipinski definition) is 2. The van der Waals surface area contributed by atoms with Crippen LogP contribution < -0.4 is 20.3 Å². The molecule has 2 amide bonds. The number of hydrogen-bond acceptors (Lipinski definition) is 4. The number of rotatable bonds is 2. The molecule has 0 unspecified atom stereocenters. The van der Waals surface area contributed by atoms with E-state index in [-0.39, 0.29) is 16.1 Å². The number of nitrogens with one attached hydrogen (secondary N) is 2. The standard InChI is InChI=1S/C16H12ClFN2O4/c17-12-7-10(8-13-14(12)24-6-5-23-13)16(22)20-19-15(21)9-1-3-11(18)4-2-9/h1-4,7-8H,5-6H2,(H,19,21)(H,20,22). The van der Waals surface area contributed by atoms with Crippen LogP contribution >= 0.6 is 11.6 Å². The lowest BCUT2D eigenvalue weighted by Crippen LogP contribution is -2.41. The molecular formula is C16H12ClFN2O4. The van der Waals surface area contributed by atoms with Crippen LogP contribution in [0.15, 0.2) is 36.4 Å². The Bertz CT molecular complexity index is 795. The molecule has 0 spiro atoms. The number of fused-ring (bicyclic) bond motifs is 1. The van der Waals surface area contributed by atoms with E-state index in [1.165, 1.54) is 24.3 Å². The minimum Gasteiger partial charge on any atom is -0.486 e. The van der Waals surface area contributed by atoms with Crippen molar-refractivity contribution in [3.05, 3.63) is 58.4 Å². The zero-order chi connectivity index (χ0) is 17.1. The fourth-order valence-electron chi connectivity index (χ4n) is 2.10. The summed E-state index contributed by atoms with van der Waals surface area (Å²) >= 11 is 6.06. The second kappa shape index (κ2) is 6.76. The van der Waals surface area contributed by atoms with E-state index < -0.39 is 17.6 Å². The molecule has 0 atom stereocenters. The highest BCUT2D eigenvalue weighted by molar-refractivity contribution is 6.32. The summed E-state index contributed by atoms with van der Waals surface area (Å²) in [6, 6.07) is 7.79. The Labute approximate surface area is 141 Å². The predicted octanol–water partition coefficient (Wildman–Crippen LogP) is 2.33. The summed E-state index contributed by atoms with van der Waals surface area (Å²) in [5.74, 6) is -0.864. The number of halogens is 2. The third-order valence-corrected chi connectivity index (χ3v) is 3.54. The van der Waals surface area contributed by atoms with Gasteiger partial charge in [-0.05, 0) is 36.4 Å². The normalized spacial score (nSPS) is 12.4. The molecule has 0 saturated heterocycles. The lowest BCUT2D eigenvalue weighted by Gasteiger charge is -2.20. The van der Waals surface area contributed by atoms with E-state index in [2.05, 4.69) is 10.9 Å². The van der Waals surface area contributed by atoms with Crippen LogP contribution in [0.3, 0.4) is 0 Å². The van der Waals surface area contributed by atoms with Gasteiger partial charge in [-0.2, -0.15) is 0 Å². The van der Waals surface area contributed by atoms with Crippen molar-refractivity contribution in [2.24, 2.45) is 0 Å². The molecule has 2 aromatic carbocycles. The Balaban J connectivity index is 1.68. The quantitative estimate of drug-likeness (QED) is 0.815. The van der Waals surface area contributed by atoms with Crippen LogP contribution in [-0.2, 0) is 0 Å². The summed E-state index contributed by atoms with van der Waals surface area (Å²) in [5, 5.41) is 0.238. The second-order valence-electron chi connectivity index (χ2n) is 4.90. The zero-order valence-corrected chi connectivity index (χ0v) is 13.0. The first-order chi connectivity index (χ1) is 11.5. The van der Waals surface area contributed by atoms with E-state index in [1.54, 1.807) is 0 Å². The predicted molar refractivity (Wildman–Crippen MR) is 83.8 cm³/mol. The molecular weight excluding hydrogens is 339 g/mol. The molecule has 0 saturated carbocycles. The molecule has 0 aromatic heterocycles. The number of carbonyl (C=O) groups excluding carboxylic acids is 2. The van der Waals surface area contributed by atoms with Crippen molar-refractivity contribution in [2.75, 3.05) is 13.2 Å². The molecule has 0 radical (unpaired) electrons. The molecule has 8 heteroatoms. The van der Waals surface area contributed by atoms with Crippen LogP contribution in [-0.4, -0.2) is 25.0 Å². The van der Waals surface area contributed by atoms with Crippen LogP contribution in [0.4, 0.5) is 4.39 Å². The molecule has 3 rings (SSSR count). The summed E-state index contributed by atoms with van der Waals surface area (Å²) in [7, 11) is 0. The summed E-state index contributed by atoms with van der Waals surface area (Å²) in [6.45, 7) is 0.738. The van der Waals surface area contributed by atoms with Gasteiger partial charge in [-0.25, -0.2) is 4.39 Å². The first kappa shape index (κ1) is 16.1. The fraction of sp³-hybridized carbons (Fsp3) is 0.125. The molecule has 1 heterocycles. The lowest BCUT2D eigenvalue weighted by molar-refractivity contribution is 0.0846. The fourth-order valence-corrected chi connectivity index (χ4v) is 2.37. The Morgan fingerprint density at radius 2 is 1.58 bits per heavy atom. The van der Waals surface area contributed by atoms with Crippen LogP contribution in [0.1, 0.15) is 20.7 Å². The molecule has 0 fully saturated rings. The van der Waals surface area contributed by atoms with E-state index in [4.69, 9.17) is 21.1 Å². The van der Waals surface area contributed by atoms with Crippen LogP contribution in [0.5, 0.6) is 11.5 Å². The molecule has 2 N–H and O–H groups in total. The second-order valence-corrected chi connectivity index (χ2v) is 5.30. The molecule has 24 heavy (non-hydrogen) atoms.